The lowest BCUT2D eigenvalue weighted by Gasteiger charge is -2.32. The van der Waals surface area contributed by atoms with E-state index in [4.69, 9.17) is 5.11 Å². The van der Waals surface area contributed by atoms with Gasteiger partial charge in [0.05, 0.1) is 5.92 Å². The number of carbonyl (C=O) groups is 2. The quantitative estimate of drug-likeness (QED) is 0.848. The summed E-state index contributed by atoms with van der Waals surface area (Å²) in [5.74, 6) is -3.23. The number of carboxylic acid groups (broad SMARTS) is 1. The maximum Gasteiger partial charge on any atom is 0.391 e. The molecule has 1 N–H and O–H groups in total. The highest BCUT2D eigenvalue weighted by molar-refractivity contribution is 5.78. The van der Waals surface area contributed by atoms with Crippen LogP contribution in [0.4, 0.5) is 13.2 Å². The Kier molecular flexibility index (Phi) is 5.83. The Morgan fingerprint density at radius 2 is 1.95 bits per heavy atom. The van der Waals surface area contributed by atoms with E-state index in [9.17, 15) is 22.8 Å². The van der Waals surface area contributed by atoms with Crippen LogP contribution in [0.15, 0.2) is 0 Å². The van der Waals surface area contributed by atoms with Crippen LogP contribution in [0.2, 0.25) is 0 Å². The second-order valence-corrected chi connectivity index (χ2v) is 5.36. The second-order valence-electron chi connectivity index (χ2n) is 5.36. The molecule has 4 nitrogen and oxygen atoms in total. The number of carbonyl (C=O) groups excluding carboxylic acids is 1. The Morgan fingerprint density at radius 3 is 2.50 bits per heavy atom. The lowest BCUT2D eigenvalue weighted by molar-refractivity contribution is -0.187. The van der Waals surface area contributed by atoms with Crippen LogP contribution in [0.5, 0.6) is 0 Å². The second kappa shape index (κ2) is 6.95. The molecule has 0 radical (unpaired) electrons. The SMILES string of the molecule is CN(CCCC(=O)O)C(=O)C1CCCC(C(F)(F)F)C1. The van der Waals surface area contributed by atoms with Crippen LogP contribution in [0.25, 0.3) is 0 Å². The van der Waals surface area contributed by atoms with Gasteiger partial charge in [-0.15, -0.1) is 0 Å². The largest absolute Gasteiger partial charge is 0.481 e. The van der Waals surface area contributed by atoms with E-state index in [-0.39, 0.29) is 31.7 Å². The predicted molar refractivity (Wildman–Crippen MR) is 66.0 cm³/mol. The highest BCUT2D eigenvalue weighted by atomic mass is 19.4. The van der Waals surface area contributed by atoms with Crippen LogP contribution >= 0.6 is 0 Å². The molecule has 0 aliphatic heterocycles. The summed E-state index contributed by atoms with van der Waals surface area (Å²) in [4.78, 5) is 23.8. The maximum atomic E-state index is 12.7. The summed E-state index contributed by atoms with van der Waals surface area (Å²) >= 11 is 0. The van der Waals surface area contributed by atoms with Crippen LogP contribution in [0.1, 0.15) is 38.5 Å². The van der Waals surface area contributed by atoms with Crippen LogP contribution in [-0.4, -0.2) is 41.7 Å². The number of rotatable bonds is 5. The van der Waals surface area contributed by atoms with Crippen molar-refractivity contribution in [2.75, 3.05) is 13.6 Å². The van der Waals surface area contributed by atoms with Crippen LogP contribution in [0.3, 0.4) is 0 Å². The molecule has 0 saturated heterocycles. The molecule has 7 heteroatoms. The Bertz CT molecular complexity index is 357. The minimum atomic E-state index is -4.24. The highest BCUT2D eigenvalue weighted by Gasteiger charge is 2.43. The zero-order valence-corrected chi connectivity index (χ0v) is 11.4. The molecule has 0 aromatic rings. The smallest absolute Gasteiger partial charge is 0.391 e. The van der Waals surface area contributed by atoms with Gasteiger partial charge in [-0.05, 0) is 25.7 Å². The number of nitrogens with zero attached hydrogens (tertiary/aromatic N) is 1. The van der Waals surface area contributed by atoms with Gasteiger partial charge in [0.25, 0.3) is 0 Å². The van der Waals surface area contributed by atoms with Crippen LogP contribution in [-0.2, 0) is 9.59 Å². The number of hydrogen-bond acceptors (Lipinski definition) is 2. The number of hydrogen-bond donors (Lipinski definition) is 1. The number of carboxylic acids is 1. The van der Waals surface area contributed by atoms with Crippen molar-refractivity contribution in [3.05, 3.63) is 0 Å². The molecule has 0 bridgehead atoms. The fourth-order valence-corrected chi connectivity index (χ4v) is 2.60. The summed E-state index contributed by atoms with van der Waals surface area (Å²) in [6.45, 7) is 0.262. The van der Waals surface area contributed by atoms with E-state index in [1.165, 1.54) is 11.9 Å². The first kappa shape index (κ1) is 16.8. The van der Waals surface area contributed by atoms with E-state index in [1.54, 1.807) is 0 Å². The first-order valence-electron chi connectivity index (χ1n) is 6.75. The van der Waals surface area contributed by atoms with Crippen molar-refractivity contribution in [3.63, 3.8) is 0 Å². The van der Waals surface area contributed by atoms with Gasteiger partial charge in [0.2, 0.25) is 5.91 Å². The van der Waals surface area contributed by atoms with Crippen molar-refractivity contribution in [1.29, 1.82) is 0 Å². The lowest BCUT2D eigenvalue weighted by atomic mass is 9.80. The Labute approximate surface area is 115 Å². The van der Waals surface area contributed by atoms with E-state index in [2.05, 4.69) is 0 Å². The normalized spacial score (nSPS) is 23.4. The fourth-order valence-electron chi connectivity index (χ4n) is 2.60. The summed E-state index contributed by atoms with van der Waals surface area (Å²) < 4.78 is 38.0. The molecule has 0 spiro atoms. The van der Waals surface area contributed by atoms with Crippen molar-refractivity contribution in [3.8, 4) is 0 Å². The van der Waals surface area contributed by atoms with Gasteiger partial charge in [0.1, 0.15) is 0 Å². The minimum absolute atomic E-state index is 0.0482. The number of aliphatic carboxylic acids is 1. The van der Waals surface area contributed by atoms with Crippen molar-refractivity contribution in [1.82, 2.24) is 4.90 Å². The molecule has 2 unspecified atom stereocenters. The number of halogens is 3. The third-order valence-corrected chi connectivity index (χ3v) is 3.75. The molecule has 0 aromatic carbocycles. The van der Waals surface area contributed by atoms with Gasteiger partial charge < -0.3 is 10.0 Å². The molecule has 1 amide bonds. The van der Waals surface area contributed by atoms with Gasteiger partial charge in [0.15, 0.2) is 0 Å². The van der Waals surface area contributed by atoms with Gasteiger partial charge in [-0.2, -0.15) is 13.2 Å². The molecule has 0 heterocycles. The monoisotopic (exact) mass is 295 g/mol. The third kappa shape index (κ3) is 5.02. The zero-order chi connectivity index (χ0) is 15.3. The van der Waals surface area contributed by atoms with Gasteiger partial charge in [-0.3, -0.25) is 9.59 Å². The average molecular weight is 295 g/mol. The fraction of sp³-hybridized carbons (Fsp3) is 0.846. The molecule has 20 heavy (non-hydrogen) atoms. The molecule has 1 fully saturated rings. The highest BCUT2D eigenvalue weighted by Crippen LogP contribution is 2.40. The standard InChI is InChI=1S/C13H20F3NO3/c1-17(7-3-6-11(18)19)12(20)9-4-2-5-10(8-9)13(14,15)16/h9-10H,2-8H2,1H3,(H,18,19). The van der Waals surface area contributed by atoms with E-state index in [0.29, 0.717) is 19.3 Å². The molecule has 2 atom stereocenters. The molecular formula is C13H20F3NO3. The topological polar surface area (TPSA) is 57.6 Å². The van der Waals surface area contributed by atoms with Crippen LogP contribution < -0.4 is 0 Å². The average Bonchev–Trinajstić information content (AvgIpc) is 2.36. The van der Waals surface area contributed by atoms with E-state index in [0.717, 1.165) is 0 Å². The molecule has 1 rings (SSSR count). The zero-order valence-electron chi connectivity index (χ0n) is 11.4. The van der Waals surface area contributed by atoms with Gasteiger partial charge >= 0.3 is 12.1 Å². The molecule has 116 valence electrons. The number of alkyl halides is 3. The lowest BCUT2D eigenvalue weighted by Crippen LogP contribution is -2.38. The van der Waals surface area contributed by atoms with Crippen molar-refractivity contribution in [2.45, 2.75) is 44.7 Å². The first-order valence-corrected chi connectivity index (χ1v) is 6.75. The summed E-state index contributed by atoms with van der Waals surface area (Å²) in [6, 6.07) is 0. The van der Waals surface area contributed by atoms with Gasteiger partial charge in [-0.25, -0.2) is 0 Å². The van der Waals surface area contributed by atoms with Crippen molar-refractivity contribution >= 4 is 11.9 Å². The molecule has 1 aliphatic rings. The predicted octanol–water partition coefficient (Wildman–Crippen LogP) is 2.68. The van der Waals surface area contributed by atoms with E-state index < -0.39 is 24.0 Å². The summed E-state index contributed by atoms with van der Waals surface area (Å²) in [6.07, 6.45) is -3.14. The Hall–Kier alpha value is -1.27. The summed E-state index contributed by atoms with van der Waals surface area (Å²) in [7, 11) is 1.52. The van der Waals surface area contributed by atoms with Crippen molar-refractivity contribution in [2.24, 2.45) is 11.8 Å². The van der Waals surface area contributed by atoms with E-state index in [1.807, 2.05) is 0 Å². The van der Waals surface area contributed by atoms with E-state index >= 15 is 0 Å². The summed E-state index contributed by atoms with van der Waals surface area (Å²) in [5, 5.41) is 8.51. The number of amides is 1. The summed E-state index contributed by atoms with van der Waals surface area (Å²) in [5.41, 5.74) is 0. The molecule has 1 saturated carbocycles. The van der Waals surface area contributed by atoms with Gasteiger partial charge in [-0.1, -0.05) is 6.42 Å². The first-order chi connectivity index (χ1) is 9.21. The Balaban J connectivity index is 2.47. The molecule has 0 aromatic heterocycles. The van der Waals surface area contributed by atoms with Gasteiger partial charge in [0, 0.05) is 25.9 Å². The Morgan fingerprint density at radius 1 is 1.30 bits per heavy atom. The molecular weight excluding hydrogens is 275 g/mol. The maximum absolute atomic E-state index is 12.7. The van der Waals surface area contributed by atoms with Crippen LogP contribution in [0, 0.1) is 11.8 Å². The minimum Gasteiger partial charge on any atom is -0.481 e. The van der Waals surface area contributed by atoms with Crippen molar-refractivity contribution < 1.29 is 27.9 Å². The third-order valence-electron chi connectivity index (χ3n) is 3.75. The molecule has 1 aliphatic carbocycles.